The lowest BCUT2D eigenvalue weighted by molar-refractivity contribution is -0.140. The lowest BCUT2D eigenvalue weighted by Crippen LogP contribution is -2.28. The molecule has 1 aromatic carbocycles. The molecule has 0 heterocycles. The predicted molar refractivity (Wildman–Crippen MR) is 81.9 cm³/mol. The Kier molecular flexibility index (Phi) is 7.14. The van der Waals surface area contributed by atoms with Crippen molar-refractivity contribution in [3.8, 4) is 0 Å². The summed E-state index contributed by atoms with van der Waals surface area (Å²) >= 11 is 5.65. The number of hydrogen-bond donors (Lipinski definition) is 0. The van der Waals surface area contributed by atoms with Gasteiger partial charge in [0.2, 0.25) is 10.0 Å². The third-order valence-electron chi connectivity index (χ3n) is 3.10. The molecule has 0 aliphatic rings. The van der Waals surface area contributed by atoms with E-state index in [1.807, 2.05) is 0 Å². The van der Waals surface area contributed by atoms with Crippen LogP contribution in [0.15, 0.2) is 29.2 Å². The zero-order chi connectivity index (χ0) is 15.9. The van der Waals surface area contributed by atoms with Crippen LogP contribution in [0, 0.1) is 0 Å². The molecule has 0 N–H and O–H groups in total. The van der Waals surface area contributed by atoms with Gasteiger partial charge in [0.25, 0.3) is 0 Å². The van der Waals surface area contributed by atoms with Crippen LogP contribution < -0.4 is 0 Å². The molecule has 5 nitrogen and oxygen atoms in total. The Labute approximate surface area is 130 Å². The molecule has 7 heteroatoms. The number of esters is 1. The van der Waals surface area contributed by atoms with Gasteiger partial charge in [-0.05, 0) is 30.5 Å². The second kappa shape index (κ2) is 8.36. The number of nitrogens with zero attached hydrogens (tertiary/aromatic N) is 1. The number of aryl methyl sites for hydroxylation is 1. The van der Waals surface area contributed by atoms with Crippen molar-refractivity contribution in [2.75, 3.05) is 26.6 Å². The average Bonchev–Trinajstić information content (AvgIpc) is 2.47. The number of halogens is 1. The Morgan fingerprint density at radius 2 is 1.90 bits per heavy atom. The lowest BCUT2D eigenvalue weighted by atomic mass is 10.2. The summed E-state index contributed by atoms with van der Waals surface area (Å²) in [5, 5.41) is 0. The Morgan fingerprint density at radius 3 is 2.43 bits per heavy atom. The summed E-state index contributed by atoms with van der Waals surface area (Å²) in [4.78, 5) is 11.2. The number of carbonyl (C=O) groups is 1. The minimum Gasteiger partial charge on any atom is -0.469 e. The van der Waals surface area contributed by atoms with Gasteiger partial charge in [0, 0.05) is 25.9 Å². The number of methoxy groups -OCH3 is 1. The SMILES string of the molecule is COC(=O)CCCN(C)S(=O)(=O)c1ccc(CCCl)cc1. The van der Waals surface area contributed by atoms with Crippen LogP contribution in [0.5, 0.6) is 0 Å². The van der Waals surface area contributed by atoms with E-state index in [0.717, 1.165) is 5.56 Å². The molecule has 0 amide bonds. The maximum atomic E-state index is 12.3. The van der Waals surface area contributed by atoms with E-state index >= 15 is 0 Å². The number of sulfonamides is 1. The van der Waals surface area contributed by atoms with Crippen LogP contribution in [0.3, 0.4) is 0 Å². The van der Waals surface area contributed by atoms with E-state index in [-0.39, 0.29) is 23.8 Å². The second-order valence-electron chi connectivity index (χ2n) is 4.59. The van der Waals surface area contributed by atoms with Crippen molar-refractivity contribution in [2.24, 2.45) is 0 Å². The normalized spacial score (nSPS) is 11.6. The van der Waals surface area contributed by atoms with E-state index in [1.165, 1.54) is 18.5 Å². The first-order chi connectivity index (χ1) is 9.91. The number of hydrogen-bond acceptors (Lipinski definition) is 4. The highest BCUT2D eigenvalue weighted by atomic mass is 35.5. The monoisotopic (exact) mass is 333 g/mol. The summed E-state index contributed by atoms with van der Waals surface area (Å²) in [6.45, 7) is 0.265. The highest BCUT2D eigenvalue weighted by Crippen LogP contribution is 2.16. The van der Waals surface area contributed by atoms with E-state index < -0.39 is 10.0 Å². The molecule has 0 saturated carbocycles. The molecule has 21 heavy (non-hydrogen) atoms. The number of carbonyl (C=O) groups excluding carboxylic acids is 1. The molecule has 0 aliphatic heterocycles. The van der Waals surface area contributed by atoms with Crippen molar-refractivity contribution in [3.05, 3.63) is 29.8 Å². The highest BCUT2D eigenvalue weighted by Gasteiger charge is 2.20. The molecular weight excluding hydrogens is 314 g/mol. The predicted octanol–water partition coefficient (Wildman–Crippen LogP) is 2.04. The molecule has 1 aromatic rings. The van der Waals surface area contributed by atoms with Gasteiger partial charge in [-0.1, -0.05) is 12.1 Å². The van der Waals surface area contributed by atoms with E-state index in [0.29, 0.717) is 18.7 Å². The summed E-state index contributed by atoms with van der Waals surface area (Å²) in [7, 11) is -0.717. The molecule has 0 bridgehead atoms. The van der Waals surface area contributed by atoms with E-state index in [1.54, 1.807) is 24.3 Å². The topological polar surface area (TPSA) is 63.7 Å². The first-order valence-corrected chi connectivity index (χ1v) is 8.57. The first-order valence-electron chi connectivity index (χ1n) is 6.60. The summed E-state index contributed by atoms with van der Waals surface area (Å²) in [6, 6.07) is 6.68. The van der Waals surface area contributed by atoms with Crippen molar-refractivity contribution >= 4 is 27.6 Å². The summed E-state index contributed by atoms with van der Waals surface area (Å²) < 4.78 is 30.4. The Hall–Kier alpha value is -1.11. The first kappa shape index (κ1) is 17.9. The molecule has 0 aromatic heterocycles. The Balaban J connectivity index is 2.68. The van der Waals surface area contributed by atoms with Gasteiger partial charge in [0.1, 0.15) is 0 Å². The lowest BCUT2D eigenvalue weighted by Gasteiger charge is -2.17. The molecule has 0 atom stereocenters. The van der Waals surface area contributed by atoms with Gasteiger partial charge in [0.05, 0.1) is 12.0 Å². The Morgan fingerprint density at radius 1 is 1.29 bits per heavy atom. The molecule has 0 radical (unpaired) electrons. The van der Waals surface area contributed by atoms with Crippen LogP contribution in [0.2, 0.25) is 0 Å². The molecule has 1 rings (SSSR count). The smallest absolute Gasteiger partial charge is 0.305 e. The number of benzene rings is 1. The fraction of sp³-hybridized carbons (Fsp3) is 0.500. The Bertz CT molecular complexity index is 557. The van der Waals surface area contributed by atoms with Gasteiger partial charge < -0.3 is 4.74 Å². The fourth-order valence-electron chi connectivity index (χ4n) is 1.79. The third-order valence-corrected chi connectivity index (χ3v) is 5.16. The van der Waals surface area contributed by atoms with E-state index in [4.69, 9.17) is 11.6 Å². The van der Waals surface area contributed by atoms with Crippen LogP contribution in [-0.2, 0) is 26.0 Å². The fourth-order valence-corrected chi connectivity index (χ4v) is 3.21. The molecule has 0 aliphatic carbocycles. The summed E-state index contributed by atoms with van der Waals surface area (Å²) in [5.41, 5.74) is 0.997. The number of rotatable bonds is 8. The van der Waals surface area contributed by atoms with Gasteiger partial charge >= 0.3 is 5.97 Å². The molecule has 0 unspecified atom stereocenters. The van der Waals surface area contributed by atoms with Crippen LogP contribution in [0.25, 0.3) is 0 Å². The van der Waals surface area contributed by atoms with Gasteiger partial charge in [-0.3, -0.25) is 4.79 Å². The van der Waals surface area contributed by atoms with Crippen molar-refractivity contribution < 1.29 is 17.9 Å². The summed E-state index contributed by atoms with van der Waals surface area (Å²) in [5.74, 6) is 0.158. The maximum Gasteiger partial charge on any atom is 0.305 e. The van der Waals surface area contributed by atoms with E-state index in [2.05, 4.69) is 4.74 Å². The zero-order valence-corrected chi connectivity index (χ0v) is 13.8. The molecule has 0 fully saturated rings. The van der Waals surface area contributed by atoms with Crippen molar-refractivity contribution in [2.45, 2.75) is 24.2 Å². The van der Waals surface area contributed by atoms with Crippen LogP contribution in [0.1, 0.15) is 18.4 Å². The molecule has 0 saturated heterocycles. The van der Waals surface area contributed by atoms with Crippen LogP contribution in [0.4, 0.5) is 0 Å². The van der Waals surface area contributed by atoms with Crippen molar-refractivity contribution in [1.82, 2.24) is 4.31 Å². The standard InChI is InChI=1S/C14H20ClNO4S/c1-16(11-3-4-14(17)20-2)21(18,19)13-7-5-12(6-8-13)9-10-15/h5-8H,3-4,9-11H2,1-2H3. The van der Waals surface area contributed by atoms with Crippen molar-refractivity contribution in [1.29, 1.82) is 0 Å². The van der Waals surface area contributed by atoms with E-state index in [9.17, 15) is 13.2 Å². The third kappa shape index (κ3) is 5.30. The minimum atomic E-state index is -3.53. The highest BCUT2D eigenvalue weighted by molar-refractivity contribution is 7.89. The van der Waals surface area contributed by atoms with Gasteiger partial charge in [-0.15, -0.1) is 11.6 Å². The molecular formula is C14H20ClNO4S. The maximum absolute atomic E-state index is 12.3. The van der Waals surface area contributed by atoms with Gasteiger partial charge in [-0.25, -0.2) is 12.7 Å². The zero-order valence-electron chi connectivity index (χ0n) is 12.2. The largest absolute Gasteiger partial charge is 0.469 e. The summed E-state index contributed by atoms with van der Waals surface area (Å²) in [6.07, 6.45) is 1.33. The van der Waals surface area contributed by atoms with Crippen molar-refractivity contribution in [3.63, 3.8) is 0 Å². The second-order valence-corrected chi connectivity index (χ2v) is 7.01. The molecule has 0 spiro atoms. The van der Waals surface area contributed by atoms with Crippen LogP contribution >= 0.6 is 11.6 Å². The minimum absolute atomic E-state index is 0.199. The quantitative estimate of drug-likeness (QED) is 0.539. The number of alkyl halides is 1. The van der Waals surface area contributed by atoms with Crippen LogP contribution in [-0.4, -0.2) is 45.3 Å². The van der Waals surface area contributed by atoms with Gasteiger partial charge in [-0.2, -0.15) is 0 Å². The molecule has 118 valence electrons. The van der Waals surface area contributed by atoms with Gasteiger partial charge in [0.15, 0.2) is 0 Å². The average molecular weight is 334 g/mol. The number of ether oxygens (including phenoxy) is 1.